The number of nitrogens with zero attached hydrogens (tertiary/aromatic N) is 1. The van der Waals surface area contributed by atoms with E-state index in [1.165, 1.54) is 0 Å². The largest absolute Gasteiger partial charge is 0.275 e. The van der Waals surface area contributed by atoms with E-state index in [1.807, 2.05) is 73.7 Å². The Morgan fingerprint density at radius 2 is 1.62 bits per heavy atom. The molecule has 0 aliphatic carbocycles. The molecule has 3 aromatic rings. The topological polar surface area (TPSA) is 20.3 Å². The number of aryl methyl sites for hydroxylation is 1. The SMILES string of the molecule is Cc1ccc(C(=O)N2c3ccccc3Sc3ccc(Cl)cc32)cc1. The second kappa shape index (κ2) is 6.00. The molecule has 1 amide bonds. The van der Waals surface area contributed by atoms with Gasteiger partial charge in [-0.15, -0.1) is 0 Å². The molecule has 0 aromatic heterocycles. The number of carbonyl (C=O) groups excluding carboxylic acids is 1. The average Bonchev–Trinajstić information content (AvgIpc) is 2.60. The molecule has 4 heteroatoms. The summed E-state index contributed by atoms with van der Waals surface area (Å²) in [6.45, 7) is 2.01. The van der Waals surface area contributed by atoms with Crippen LogP contribution in [-0.4, -0.2) is 5.91 Å². The van der Waals surface area contributed by atoms with E-state index >= 15 is 0 Å². The molecular weight excluding hydrogens is 338 g/mol. The zero-order valence-corrected chi connectivity index (χ0v) is 14.6. The number of anilines is 2. The van der Waals surface area contributed by atoms with Crippen molar-refractivity contribution in [3.63, 3.8) is 0 Å². The minimum atomic E-state index is -0.0498. The van der Waals surface area contributed by atoms with E-state index in [1.54, 1.807) is 16.7 Å². The van der Waals surface area contributed by atoms with Gasteiger partial charge in [0.1, 0.15) is 0 Å². The zero-order valence-electron chi connectivity index (χ0n) is 13.0. The van der Waals surface area contributed by atoms with Crippen LogP contribution in [0.15, 0.2) is 76.5 Å². The van der Waals surface area contributed by atoms with Gasteiger partial charge in [0.25, 0.3) is 5.91 Å². The molecule has 0 bridgehead atoms. The highest BCUT2D eigenvalue weighted by Gasteiger charge is 2.29. The highest BCUT2D eigenvalue weighted by atomic mass is 35.5. The fourth-order valence-corrected chi connectivity index (χ4v) is 3.98. The van der Waals surface area contributed by atoms with Crippen LogP contribution in [0.3, 0.4) is 0 Å². The maximum Gasteiger partial charge on any atom is 0.262 e. The lowest BCUT2D eigenvalue weighted by molar-refractivity contribution is 0.0998. The first-order chi connectivity index (χ1) is 11.6. The van der Waals surface area contributed by atoms with Gasteiger partial charge in [-0.05, 0) is 49.4 Å². The molecule has 1 heterocycles. The molecule has 0 fully saturated rings. The van der Waals surface area contributed by atoms with Crippen LogP contribution in [0.4, 0.5) is 11.4 Å². The van der Waals surface area contributed by atoms with Crippen LogP contribution in [0.2, 0.25) is 5.02 Å². The molecule has 4 rings (SSSR count). The number of fused-ring (bicyclic) bond motifs is 2. The van der Waals surface area contributed by atoms with E-state index in [-0.39, 0.29) is 5.91 Å². The number of amides is 1. The number of halogens is 1. The van der Waals surface area contributed by atoms with Crippen molar-refractivity contribution in [3.8, 4) is 0 Å². The molecule has 118 valence electrons. The van der Waals surface area contributed by atoms with Gasteiger partial charge in [-0.1, -0.05) is 53.2 Å². The third-order valence-electron chi connectivity index (χ3n) is 3.99. The number of hydrogen-bond donors (Lipinski definition) is 0. The van der Waals surface area contributed by atoms with Crippen molar-refractivity contribution in [2.45, 2.75) is 16.7 Å². The van der Waals surface area contributed by atoms with Crippen LogP contribution in [0, 0.1) is 6.92 Å². The molecule has 1 aliphatic heterocycles. The molecule has 2 nitrogen and oxygen atoms in total. The molecule has 3 aromatic carbocycles. The van der Waals surface area contributed by atoms with Gasteiger partial charge in [-0.2, -0.15) is 0 Å². The molecule has 24 heavy (non-hydrogen) atoms. The number of hydrogen-bond acceptors (Lipinski definition) is 2. The van der Waals surface area contributed by atoms with Crippen molar-refractivity contribution in [2.75, 3.05) is 4.90 Å². The smallest absolute Gasteiger partial charge is 0.262 e. The first-order valence-electron chi connectivity index (χ1n) is 7.61. The normalized spacial score (nSPS) is 12.5. The van der Waals surface area contributed by atoms with Gasteiger partial charge in [-0.25, -0.2) is 0 Å². The summed E-state index contributed by atoms with van der Waals surface area (Å²) in [6.07, 6.45) is 0. The van der Waals surface area contributed by atoms with Gasteiger partial charge in [0.15, 0.2) is 0 Å². The van der Waals surface area contributed by atoms with Crippen LogP contribution in [-0.2, 0) is 0 Å². The van der Waals surface area contributed by atoms with E-state index in [9.17, 15) is 4.79 Å². The summed E-state index contributed by atoms with van der Waals surface area (Å²) < 4.78 is 0. The molecule has 1 aliphatic rings. The van der Waals surface area contributed by atoms with Crippen molar-refractivity contribution in [3.05, 3.63) is 82.9 Å². The van der Waals surface area contributed by atoms with Gasteiger partial charge < -0.3 is 0 Å². The molecular formula is C20H14ClNOS. The molecule has 0 atom stereocenters. The van der Waals surface area contributed by atoms with E-state index in [4.69, 9.17) is 11.6 Å². The third-order valence-corrected chi connectivity index (χ3v) is 5.35. The Balaban J connectivity index is 1.89. The van der Waals surface area contributed by atoms with Gasteiger partial charge in [0, 0.05) is 20.4 Å². The third kappa shape index (κ3) is 2.60. The maximum atomic E-state index is 13.2. The van der Waals surface area contributed by atoms with Crippen molar-refractivity contribution in [1.29, 1.82) is 0 Å². The fraction of sp³-hybridized carbons (Fsp3) is 0.0500. The second-order valence-electron chi connectivity index (χ2n) is 5.69. The quantitative estimate of drug-likeness (QED) is 0.528. The van der Waals surface area contributed by atoms with Gasteiger partial charge >= 0.3 is 0 Å². The summed E-state index contributed by atoms with van der Waals surface area (Å²) in [5, 5.41) is 0.621. The molecule has 0 radical (unpaired) electrons. The van der Waals surface area contributed by atoms with Crippen molar-refractivity contribution in [1.82, 2.24) is 0 Å². The maximum absolute atomic E-state index is 13.2. The Kier molecular flexibility index (Phi) is 3.83. The van der Waals surface area contributed by atoms with E-state index in [0.717, 1.165) is 26.7 Å². The van der Waals surface area contributed by atoms with E-state index in [0.29, 0.717) is 10.6 Å². The van der Waals surface area contributed by atoms with Crippen molar-refractivity contribution >= 4 is 40.6 Å². The molecule has 0 N–H and O–H groups in total. The number of para-hydroxylation sites is 1. The summed E-state index contributed by atoms with van der Waals surface area (Å²) in [5.41, 5.74) is 3.51. The average molecular weight is 352 g/mol. The lowest BCUT2D eigenvalue weighted by atomic mass is 10.1. The Morgan fingerprint density at radius 1 is 0.917 bits per heavy atom. The number of carbonyl (C=O) groups is 1. The van der Waals surface area contributed by atoms with Gasteiger partial charge in [-0.3, -0.25) is 9.69 Å². The summed E-state index contributed by atoms with van der Waals surface area (Å²) in [4.78, 5) is 17.1. The predicted molar refractivity (Wildman–Crippen MR) is 99.7 cm³/mol. The van der Waals surface area contributed by atoms with Crippen LogP contribution >= 0.6 is 23.4 Å². The Hall–Kier alpha value is -2.23. The Labute approximate surface area is 150 Å². The first-order valence-corrected chi connectivity index (χ1v) is 8.80. The van der Waals surface area contributed by atoms with Crippen molar-refractivity contribution in [2.24, 2.45) is 0 Å². The summed E-state index contributed by atoms with van der Waals surface area (Å²) in [5.74, 6) is -0.0498. The predicted octanol–water partition coefficient (Wildman–Crippen LogP) is 6.09. The van der Waals surface area contributed by atoms with Gasteiger partial charge in [0.2, 0.25) is 0 Å². The van der Waals surface area contributed by atoms with E-state index in [2.05, 4.69) is 0 Å². The Bertz CT molecular complexity index is 937. The van der Waals surface area contributed by atoms with Crippen LogP contribution in [0.5, 0.6) is 0 Å². The standard InChI is InChI=1S/C20H14ClNOS/c1-13-6-8-14(9-7-13)20(23)22-16-4-2-3-5-18(16)24-19-11-10-15(21)12-17(19)22/h2-12H,1H3. The Morgan fingerprint density at radius 3 is 2.42 bits per heavy atom. The van der Waals surface area contributed by atoms with Crippen molar-refractivity contribution < 1.29 is 4.79 Å². The fourth-order valence-electron chi connectivity index (χ4n) is 2.77. The summed E-state index contributed by atoms with van der Waals surface area (Å²) >= 11 is 7.85. The minimum Gasteiger partial charge on any atom is -0.275 e. The highest BCUT2D eigenvalue weighted by Crippen LogP contribution is 2.49. The number of rotatable bonds is 1. The second-order valence-corrected chi connectivity index (χ2v) is 7.21. The highest BCUT2D eigenvalue weighted by molar-refractivity contribution is 7.99. The van der Waals surface area contributed by atoms with Crippen LogP contribution in [0.25, 0.3) is 0 Å². The van der Waals surface area contributed by atoms with E-state index < -0.39 is 0 Å². The molecule has 0 unspecified atom stereocenters. The lowest BCUT2D eigenvalue weighted by Crippen LogP contribution is -2.28. The zero-order chi connectivity index (χ0) is 16.7. The summed E-state index contributed by atoms with van der Waals surface area (Å²) in [7, 11) is 0. The summed E-state index contributed by atoms with van der Waals surface area (Å²) in [6, 6.07) is 21.3. The van der Waals surface area contributed by atoms with Crippen LogP contribution in [0.1, 0.15) is 15.9 Å². The monoisotopic (exact) mass is 351 g/mol. The first kappa shape index (κ1) is 15.3. The molecule has 0 saturated carbocycles. The number of benzene rings is 3. The lowest BCUT2D eigenvalue weighted by Gasteiger charge is -2.31. The van der Waals surface area contributed by atoms with Crippen LogP contribution < -0.4 is 4.90 Å². The van der Waals surface area contributed by atoms with Gasteiger partial charge in [0.05, 0.1) is 11.4 Å². The molecule has 0 saturated heterocycles. The minimum absolute atomic E-state index is 0.0498. The molecule has 0 spiro atoms.